The zero-order valence-electron chi connectivity index (χ0n) is 19.8. The molecule has 0 aliphatic carbocycles. The van der Waals surface area contributed by atoms with Gasteiger partial charge in [-0.05, 0) is 36.2 Å². The van der Waals surface area contributed by atoms with Gasteiger partial charge in [-0.25, -0.2) is 17.6 Å². The van der Waals surface area contributed by atoms with Crippen LogP contribution >= 0.6 is 0 Å². The Kier molecular flexibility index (Phi) is 8.62. The topological polar surface area (TPSA) is 120 Å². The molecule has 0 aliphatic rings. The van der Waals surface area contributed by atoms with Gasteiger partial charge in [-0.1, -0.05) is 30.3 Å². The van der Waals surface area contributed by atoms with Crippen molar-refractivity contribution in [2.75, 3.05) is 26.6 Å². The minimum atomic E-state index is -4.20. The third-order valence-electron chi connectivity index (χ3n) is 5.21. The third-order valence-corrected chi connectivity index (χ3v) is 6.69. The highest BCUT2D eigenvalue weighted by Crippen LogP contribution is 2.34. The van der Waals surface area contributed by atoms with Gasteiger partial charge in [-0.2, -0.15) is 4.72 Å². The van der Waals surface area contributed by atoms with E-state index in [1.807, 2.05) is 0 Å². The second kappa shape index (κ2) is 11.6. The van der Waals surface area contributed by atoms with Crippen LogP contribution in [0.1, 0.15) is 15.9 Å². The molecule has 3 aromatic rings. The van der Waals surface area contributed by atoms with E-state index in [1.54, 1.807) is 30.3 Å². The molecule has 0 heterocycles. The molecule has 0 bridgehead atoms. The molecule has 1 unspecified atom stereocenters. The van der Waals surface area contributed by atoms with Gasteiger partial charge in [0.2, 0.25) is 15.9 Å². The molecule has 0 saturated carbocycles. The van der Waals surface area contributed by atoms with Crippen molar-refractivity contribution in [1.29, 1.82) is 0 Å². The number of nitrogens with one attached hydrogen (secondary N) is 2. The number of amides is 1. The molecule has 0 fully saturated rings. The highest BCUT2D eigenvalue weighted by Gasteiger charge is 2.28. The Morgan fingerprint density at radius 3 is 2.11 bits per heavy atom. The molecule has 36 heavy (non-hydrogen) atoms. The van der Waals surface area contributed by atoms with Gasteiger partial charge >= 0.3 is 5.97 Å². The van der Waals surface area contributed by atoms with E-state index in [0.29, 0.717) is 5.56 Å². The number of hydrogen-bond donors (Lipinski definition) is 2. The lowest BCUT2D eigenvalue weighted by molar-refractivity contribution is -0.117. The zero-order chi connectivity index (χ0) is 26.3. The van der Waals surface area contributed by atoms with Gasteiger partial charge in [0.15, 0.2) is 11.5 Å². The molecule has 3 rings (SSSR count). The predicted molar refractivity (Wildman–Crippen MR) is 130 cm³/mol. The maximum absolute atomic E-state index is 13.4. The number of rotatable bonds is 10. The van der Waals surface area contributed by atoms with Crippen LogP contribution in [0.5, 0.6) is 11.5 Å². The van der Waals surface area contributed by atoms with Crippen molar-refractivity contribution in [3.8, 4) is 11.5 Å². The van der Waals surface area contributed by atoms with E-state index in [-0.39, 0.29) is 34.1 Å². The summed E-state index contributed by atoms with van der Waals surface area (Å²) in [5, 5.41) is 2.59. The molecule has 190 valence electrons. The Bertz CT molecular complexity index is 1330. The van der Waals surface area contributed by atoms with E-state index < -0.39 is 33.8 Å². The van der Waals surface area contributed by atoms with E-state index in [1.165, 1.54) is 33.5 Å². The van der Waals surface area contributed by atoms with Crippen LogP contribution in [0.3, 0.4) is 0 Å². The first kappa shape index (κ1) is 26.6. The molecule has 9 nitrogen and oxygen atoms in total. The summed E-state index contributed by atoms with van der Waals surface area (Å²) in [6.07, 6.45) is -0.00601. The minimum Gasteiger partial charge on any atom is -0.493 e. The number of carbonyl (C=O) groups excluding carboxylic acids is 2. The van der Waals surface area contributed by atoms with Crippen molar-refractivity contribution in [2.24, 2.45) is 0 Å². The molecule has 0 aromatic heterocycles. The molecule has 2 N–H and O–H groups in total. The van der Waals surface area contributed by atoms with Crippen LogP contribution in [-0.4, -0.2) is 47.7 Å². The first-order valence-corrected chi connectivity index (χ1v) is 12.1. The lowest BCUT2D eigenvalue weighted by atomic mass is 10.1. The summed E-state index contributed by atoms with van der Waals surface area (Å²) in [7, 11) is -0.250. The largest absolute Gasteiger partial charge is 0.493 e. The van der Waals surface area contributed by atoms with Gasteiger partial charge in [0, 0.05) is 12.1 Å². The molecular formula is C25H25FN2O7S. The first-order chi connectivity index (χ1) is 17.2. The van der Waals surface area contributed by atoms with E-state index >= 15 is 0 Å². The zero-order valence-corrected chi connectivity index (χ0v) is 20.6. The van der Waals surface area contributed by atoms with Crippen molar-refractivity contribution in [3.05, 3.63) is 83.7 Å². The fourth-order valence-corrected chi connectivity index (χ4v) is 4.58. The minimum absolute atomic E-state index is 0.00601. The van der Waals surface area contributed by atoms with Gasteiger partial charge in [-0.15, -0.1) is 0 Å². The van der Waals surface area contributed by atoms with Crippen LogP contribution in [0.2, 0.25) is 0 Å². The summed E-state index contributed by atoms with van der Waals surface area (Å²) in [5.41, 5.74) is 0.687. The Labute approximate surface area is 208 Å². The fraction of sp³-hybridized carbons (Fsp3) is 0.200. The van der Waals surface area contributed by atoms with Crippen LogP contribution in [-0.2, 0) is 26.0 Å². The van der Waals surface area contributed by atoms with Crippen LogP contribution < -0.4 is 19.5 Å². The smallest absolute Gasteiger partial charge is 0.340 e. The quantitative estimate of drug-likeness (QED) is 0.397. The third kappa shape index (κ3) is 6.37. The maximum atomic E-state index is 13.4. The van der Waals surface area contributed by atoms with Crippen LogP contribution in [0.15, 0.2) is 71.6 Å². The number of halogens is 1. The number of benzene rings is 3. The summed E-state index contributed by atoms with van der Waals surface area (Å²) < 4.78 is 56.9. The van der Waals surface area contributed by atoms with E-state index in [9.17, 15) is 22.4 Å². The number of hydrogen-bond acceptors (Lipinski definition) is 7. The standard InChI is InChI=1S/C25H25FN2O7S/c1-33-22-14-19(25(30)35-3)20(15-23(22)34-2)27-24(29)21(13-16-7-5-4-6-8-16)28-36(31,32)18-11-9-17(26)10-12-18/h4-12,14-15,21,28H,13H2,1-3H3,(H,27,29). The Hall–Kier alpha value is -3.96. The Balaban J connectivity index is 1.98. The first-order valence-electron chi connectivity index (χ1n) is 10.7. The van der Waals surface area contributed by atoms with Gasteiger partial charge in [0.05, 0.1) is 37.5 Å². The maximum Gasteiger partial charge on any atom is 0.340 e. The predicted octanol–water partition coefficient (Wildman–Crippen LogP) is 3.16. The second-order valence-electron chi connectivity index (χ2n) is 7.55. The van der Waals surface area contributed by atoms with E-state index in [4.69, 9.17) is 14.2 Å². The Morgan fingerprint density at radius 1 is 0.917 bits per heavy atom. The van der Waals surface area contributed by atoms with Crippen LogP contribution in [0.25, 0.3) is 0 Å². The number of methoxy groups -OCH3 is 3. The molecule has 3 aromatic carbocycles. The molecule has 0 aliphatic heterocycles. The molecule has 1 atom stereocenters. The van der Waals surface area contributed by atoms with Gasteiger partial charge in [0.1, 0.15) is 11.9 Å². The lowest BCUT2D eigenvalue weighted by Gasteiger charge is -2.20. The van der Waals surface area contributed by atoms with Crippen molar-refractivity contribution in [1.82, 2.24) is 4.72 Å². The van der Waals surface area contributed by atoms with Crippen LogP contribution in [0, 0.1) is 5.82 Å². The SMILES string of the molecule is COC(=O)c1cc(OC)c(OC)cc1NC(=O)C(Cc1ccccc1)NS(=O)(=O)c1ccc(F)cc1. The van der Waals surface area contributed by atoms with Crippen molar-refractivity contribution >= 4 is 27.6 Å². The van der Waals surface area contributed by atoms with Crippen LogP contribution in [0.4, 0.5) is 10.1 Å². The molecule has 0 spiro atoms. The summed E-state index contributed by atoms with van der Waals surface area (Å²) in [5.74, 6) is -1.64. The second-order valence-corrected chi connectivity index (χ2v) is 9.27. The van der Waals surface area contributed by atoms with Crippen molar-refractivity contribution < 1.29 is 36.6 Å². The van der Waals surface area contributed by atoms with E-state index in [2.05, 4.69) is 10.0 Å². The molecule has 0 radical (unpaired) electrons. The molecule has 0 saturated heterocycles. The highest BCUT2D eigenvalue weighted by molar-refractivity contribution is 7.89. The number of sulfonamides is 1. The summed E-state index contributed by atoms with van der Waals surface area (Å²) >= 11 is 0. The number of ether oxygens (including phenoxy) is 3. The average Bonchev–Trinajstić information content (AvgIpc) is 2.88. The van der Waals surface area contributed by atoms with Gasteiger partial charge in [0.25, 0.3) is 0 Å². The van der Waals surface area contributed by atoms with Crippen molar-refractivity contribution in [2.45, 2.75) is 17.4 Å². The van der Waals surface area contributed by atoms with Crippen molar-refractivity contribution in [3.63, 3.8) is 0 Å². The summed E-state index contributed by atoms with van der Waals surface area (Å²) in [4.78, 5) is 25.5. The average molecular weight is 517 g/mol. The Morgan fingerprint density at radius 2 is 1.53 bits per heavy atom. The monoisotopic (exact) mass is 516 g/mol. The molecule has 11 heteroatoms. The molecular weight excluding hydrogens is 491 g/mol. The number of esters is 1. The summed E-state index contributed by atoms with van der Waals surface area (Å²) in [6, 6.07) is 14.4. The lowest BCUT2D eigenvalue weighted by Crippen LogP contribution is -2.45. The fourth-order valence-electron chi connectivity index (χ4n) is 3.39. The van der Waals surface area contributed by atoms with Gasteiger partial charge in [-0.3, -0.25) is 4.79 Å². The normalized spacial score (nSPS) is 11.9. The number of anilines is 1. The molecule has 1 amide bonds. The highest BCUT2D eigenvalue weighted by atomic mass is 32.2. The van der Waals surface area contributed by atoms with E-state index in [0.717, 1.165) is 24.3 Å². The summed E-state index contributed by atoms with van der Waals surface area (Å²) in [6.45, 7) is 0. The number of carbonyl (C=O) groups is 2. The van der Waals surface area contributed by atoms with Gasteiger partial charge < -0.3 is 19.5 Å².